The lowest BCUT2D eigenvalue weighted by Gasteiger charge is -2.37. The van der Waals surface area contributed by atoms with E-state index < -0.39 is 17.6 Å². The van der Waals surface area contributed by atoms with Crippen LogP contribution in [0.4, 0.5) is 0 Å². The number of benzene rings is 3. The van der Waals surface area contributed by atoms with Crippen LogP contribution in [0.3, 0.4) is 0 Å². The van der Waals surface area contributed by atoms with Crippen LogP contribution in [0.2, 0.25) is 5.02 Å². The van der Waals surface area contributed by atoms with Crippen molar-refractivity contribution in [1.82, 2.24) is 3.53 Å². The van der Waals surface area contributed by atoms with Gasteiger partial charge in [0.1, 0.15) is 11.8 Å². The third-order valence-corrected chi connectivity index (χ3v) is 10.7. The molecule has 3 aromatic rings. The molecule has 0 spiro atoms. The summed E-state index contributed by atoms with van der Waals surface area (Å²) >= 11 is 8.92. The minimum absolute atomic E-state index is 0.00289. The van der Waals surface area contributed by atoms with Gasteiger partial charge in [0, 0.05) is 69.0 Å². The molecular formula is C43H48ClIN2O4. The van der Waals surface area contributed by atoms with Crippen LogP contribution in [0.25, 0.3) is 0 Å². The molecule has 51 heavy (non-hydrogen) atoms. The van der Waals surface area contributed by atoms with Gasteiger partial charge >= 0.3 is 5.97 Å². The Morgan fingerprint density at radius 3 is 2.37 bits per heavy atom. The van der Waals surface area contributed by atoms with Crippen LogP contribution in [0, 0.1) is 11.3 Å². The van der Waals surface area contributed by atoms with E-state index in [1.54, 1.807) is 6.07 Å². The quantitative estimate of drug-likeness (QED) is 0.0625. The van der Waals surface area contributed by atoms with Crippen molar-refractivity contribution in [3.63, 3.8) is 0 Å². The first kappa shape index (κ1) is 38.7. The van der Waals surface area contributed by atoms with Gasteiger partial charge in [0.05, 0.1) is 12.1 Å². The van der Waals surface area contributed by atoms with E-state index in [9.17, 15) is 14.7 Å². The Hall–Kier alpha value is -3.53. The molecule has 3 atom stereocenters. The lowest BCUT2D eigenvalue weighted by Crippen LogP contribution is -2.43. The number of hydrogen-bond donors (Lipinski definition) is 2. The van der Waals surface area contributed by atoms with E-state index in [0.717, 1.165) is 36.0 Å². The molecule has 2 aliphatic carbocycles. The van der Waals surface area contributed by atoms with Crippen molar-refractivity contribution >= 4 is 51.9 Å². The second-order valence-electron chi connectivity index (χ2n) is 14.9. The largest absolute Gasteiger partial charge is 0.511 e. The Labute approximate surface area is 321 Å². The molecule has 0 aliphatic heterocycles. The molecule has 0 fully saturated rings. The van der Waals surface area contributed by atoms with Gasteiger partial charge < -0.3 is 9.84 Å². The van der Waals surface area contributed by atoms with Crippen molar-refractivity contribution in [2.45, 2.75) is 83.8 Å². The van der Waals surface area contributed by atoms with Crippen molar-refractivity contribution in [1.29, 1.82) is 0 Å². The first-order valence-electron chi connectivity index (χ1n) is 17.7. The maximum Gasteiger partial charge on any atom is 0.327 e. The van der Waals surface area contributed by atoms with Crippen LogP contribution in [0.1, 0.15) is 94.4 Å². The Bertz CT molecular complexity index is 1830. The monoisotopic (exact) mass is 818 g/mol. The Kier molecular flexibility index (Phi) is 12.8. The maximum absolute atomic E-state index is 14.5. The summed E-state index contributed by atoms with van der Waals surface area (Å²) in [5.74, 6) is -0.171. The zero-order chi connectivity index (χ0) is 36.8. The highest BCUT2D eigenvalue weighted by Gasteiger charge is 2.44. The van der Waals surface area contributed by atoms with Crippen molar-refractivity contribution < 1.29 is 19.4 Å². The number of esters is 1. The average molecular weight is 819 g/mol. The van der Waals surface area contributed by atoms with Gasteiger partial charge in [0.2, 0.25) is 0 Å². The zero-order valence-corrected chi connectivity index (χ0v) is 32.8. The highest BCUT2D eigenvalue weighted by atomic mass is 127. The van der Waals surface area contributed by atoms with Gasteiger partial charge in [-0.15, -0.1) is 0 Å². The average Bonchev–Trinajstić information content (AvgIpc) is 3.31. The Balaban J connectivity index is 1.57. The molecule has 268 valence electrons. The number of aliphatic hydroxyl groups is 1. The first-order valence-corrected chi connectivity index (χ1v) is 19.1. The third kappa shape index (κ3) is 9.10. The molecule has 0 saturated heterocycles. The number of carbonyl (C=O) groups excluding carboxylic acids is 2. The fourth-order valence-electron chi connectivity index (χ4n) is 7.12. The molecular weight excluding hydrogens is 771 g/mol. The molecule has 0 aromatic heterocycles. The molecule has 0 bridgehead atoms. The van der Waals surface area contributed by atoms with E-state index in [0.29, 0.717) is 35.6 Å². The summed E-state index contributed by atoms with van der Waals surface area (Å²) < 4.78 is 9.84. The Morgan fingerprint density at radius 2 is 1.73 bits per heavy atom. The standard InChI is InChI=1S/C43H48ClIN2O4/c1-28(2)24-36(40-38(48)25-42(4,5)26-39(40)49)46-27-37(47-45)41(50)51-43(32-14-7-6-8-15-32,34-16-9-10-17-35(34)44)33-22-20-31(21-23-33)30-13-11-12-29(3)18-19-30/h6-10,14-23,28,30,37,47-48H,3,11-13,24-27H2,1-2,4-5H3. The topological polar surface area (TPSA) is 88.0 Å². The van der Waals surface area contributed by atoms with Gasteiger partial charge in [-0.2, -0.15) is 0 Å². The van der Waals surface area contributed by atoms with Gasteiger partial charge in [-0.3, -0.25) is 14.6 Å². The molecule has 6 nitrogen and oxygen atoms in total. The number of ketones is 1. The number of carbonyl (C=O) groups is 2. The lowest BCUT2D eigenvalue weighted by atomic mass is 9.75. The SMILES string of the molecule is C=C1C=CC(c2ccc(C(OC(=O)C(CN=C(CC(C)C)C3=C(O)CC(C)(C)CC3=O)NI)(c3ccccc3)c3ccccc3Cl)cc2)CCC1. The van der Waals surface area contributed by atoms with E-state index in [1.165, 1.54) is 5.56 Å². The number of halogens is 2. The third-order valence-electron chi connectivity index (χ3n) is 9.63. The molecule has 5 rings (SSSR count). The predicted octanol–water partition coefficient (Wildman–Crippen LogP) is 10.6. The molecule has 0 amide bonds. The van der Waals surface area contributed by atoms with Crippen molar-refractivity contribution in [3.8, 4) is 0 Å². The molecule has 0 heterocycles. The predicted molar refractivity (Wildman–Crippen MR) is 216 cm³/mol. The number of aliphatic imine (C=N–C) groups is 1. The highest BCUT2D eigenvalue weighted by molar-refractivity contribution is 14.1. The summed E-state index contributed by atoms with van der Waals surface area (Å²) in [4.78, 5) is 32.6. The van der Waals surface area contributed by atoms with Crippen LogP contribution in [-0.2, 0) is 19.9 Å². The van der Waals surface area contributed by atoms with Crippen LogP contribution < -0.4 is 3.53 Å². The van der Waals surface area contributed by atoms with E-state index in [-0.39, 0.29) is 40.9 Å². The Morgan fingerprint density at radius 1 is 1.06 bits per heavy atom. The van der Waals surface area contributed by atoms with Crippen LogP contribution in [0.15, 0.2) is 119 Å². The number of aliphatic hydroxyl groups excluding tert-OH is 1. The fraction of sp³-hybridized carbons (Fsp3) is 0.372. The minimum Gasteiger partial charge on any atom is -0.511 e. The number of hydrogen-bond acceptors (Lipinski definition) is 6. The molecule has 2 aliphatic rings. The fourth-order valence-corrected chi connectivity index (χ4v) is 7.84. The van der Waals surface area contributed by atoms with E-state index in [2.05, 4.69) is 34.4 Å². The maximum atomic E-state index is 14.5. The van der Waals surface area contributed by atoms with Crippen LogP contribution in [-0.4, -0.2) is 35.2 Å². The van der Waals surface area contributed by atoms with Gasteiger partial charge in [-0.1, -0.05) is 136 Å². The molecule has 8 heteroatoms. The van der Waals surface area contributed by atoms with E-state index in [1.807, 2.05) is 111 Å². The van der Waals surface area contributed by atoms with Crippen LogP contribution in [0.5, 0.6) is 0 Å². The molecule has 3 aromatic carbocycles. The van der Waals surface area contributed by atoms with Crippen molar-refractivity contribution in [2.75, 3.05) is 6.54 Å². The number of Topliss-reactive ketones (excluding diaryl/α,β-unsaturated/α-hetero) is 1. The summed E-state index contributed by atoms with van der Waals surface area (Å²) in [5, 5.41) is 11.5. The normalized spacial score (nSPS) is 19.8. The van der Waals surface area contributed by atoms with E-state index in [4.69, 9.17) is 21.3 Å². The van der Waals surface area contributed by atoms with Gasteiger partial charge in [-0.25, -0.2) is 3.53 Å². The van der Waals surface area contributed by atoms with Gasteiger partial charge in [0.25, 0.3) is 0 Å². The van der Waals surface area contributed by atoms with Gasteiger partial charge in [-0.05, 0) is 48.6 Å². The second-order valence-corrected chi connectivity index (χ2v) is 15.9. The summed E-state index contributed by atoms with van der Waals surface area (Å²) in [7, 11) is 0. The number of nitrogens with one attached hydrogen (secondary N) is 1. The molecule has 3 unspecified atom stereocenters. The summed E-state index contributed by atoms with van der Waals surface area (Å²) in [6.45, 7) is 12.2. The molecule has 0 radical (unpaired) electrons. The summed E-state index contributed by atoms with van der Waals surface area (Å²) in [6, 6.07) is 24.5. The number of rotatable bonds is 12. The first-order chi connectivity index (χ1) is 24.3. The summed E-state index contributed by atoms with van der Waals surface area (Å²) in [5.41, 5.74) is 3.51. The molecule has 0 saturated carbocycles. The summed E-state index contributed by atoms with van der Waals surface area (Å²) in [6.07, 6.45) is 8.64. The number of nitrogens with zero attached hydrogens (tertiary/aromatic N) is 1. The number of allylic oxidation sites excluding steroid dienone is 5. The van der Waals surface area contributed by atoms with Crippen molar-refractivity contribution in [2.24, 2.45) is 16.3 Å². The number of ether oxygens (including phenoxy) is 1. The minimum atomic E-state index is -1.40. The zero-order valence-electron chi connectivity index (χ0n) is 29.9. The lowest BCUT2D eigenvalue weighted by molar-refractivity contribution is -0.155. The van der Waals surface area contributed by atoms with E-state index >= 15 is 0 Å². The van der Waals surface area contributed by atoms with Crippen LogP contribution >= 0.6 is 34.5 Å². The highest BCUT2D eigenvalue weighted by Crippen LogP contribution is 2.44. The smallest absolute Gasteiger partial charge is 0.327 e. The van der Waals surface area contributed by atoms with Gasteiger partial charge in [0.15, 0.2) is 11.4 Å². The second kappa shape index (κ2) is 16.9. The van der Waals surface area contributed by atoms with Crippen molar-refractivity contribution in [3.05, 3.63) is 142 Å². The molecule has 2 N–H and O–H groups in total.